The van der Waals surface area contributed by atoms with Crippen LogP contribution in [0.15, 0.2) is 4.52 Å². The fraction of sp³-hybridized carbons (Fsp3) is 1.00. The maximum Gasteiger partial charge on any atom is 0.123 e. The van der Waals surface area contributed by atoms with Gasteiger partial charge >= 0.3 is 0 Å². The number of rotatable bonds is 5. The average Bonchev–Trinajstić information content (AvgIpc) is 2.22. The molecule has 0 saturated heterocycles. The molecule has 0 aliphatic rings. The zero-order chi connectivity index (χ0) is 18.5. The smallest absolute Gasteiger partial charge is 0.123 e. The van der Waals surface area contributed by atoms with Crippen molar-refractivity contribution >= 4 is 22.0 Å². The lowest BCUT2D eigenvalue weighted by molar-refractivity contribution is 0.449. The maximum absolute atomic E-state index is 5.01. The van der Waals surface area contributed by atoms with Gasteiger partial charge in [-0.25, -0.2) is 0 Å². The Labute approximate surface area is 143 Å². The van der Waals surface area contributed by atoms with Crippen LogP contribution in [0.3, 0.4) is 0 Å². The lowest BCUT2D eigenvalue weighted by Crippen LogP contribution is -2.25. The Morgan fingerprint density at radius 2 is 1.14 bits per heavy atom. The summed E-state index contributed by atoms with van der Waals surface area (Å²) in [7, 11) is 1.47. The first-order valence-electron chi connectivity index (χ1n) is 8.10. The fourth-order valence-corrected chi connectivity index (χ4v) is 10.3. The second kappa shape index (κ2) is 9.48. The molecular weight excluding hydrogens is 327 g/mol. The van der Waals surface area contributed by atoms with Gasteiger partial charge in [0, 0.05) is 19.1 Å². The Hall–Kier alpha value is 1.01. The quantitative estimate of drug-likeness (QED) is 0.580. The number of nitrogens with zero attached hydrogens (tertiary/aromatic N) is 3. The van der Waals surface area contributed by atoms with Crippen LogP contribution in [0.5, 0.6) is 0 Å². The van der Waals surface area contributed by atoms with Gasteiger partial charge < -0.3 is 0 Å². The summed E-state index contributed by atoms with van der Waals surface area (Å²) in [6, 6.07) is 1.29. The third-order valence-electron chi connectivity index (χ3n) is 3.70. The van der Waals surface area contributed by atoms with Crippen LogP contribution in [0.2, 0.25) is 0 Å². The summed E-state index contributed by atoms with van der Waals surface area (Å²) in [5.41, 5.74) is 0. The molecule has 0 spiro atoms. The summed E-state index contributed by atoms with van der Waals surface area (Å²) in [4.78, 5) is 0. The standard InChI is InChI=1S/C9H25N2P2.C7H19NP/c1-9(2)11(3)13(7,8)10-12(4,5)6;1-7(2)8(3)9(4,5)6/h9H,1-8H3;7H,1-6H3/q2*+1. The van der Waals surface area contributed by atoms with Crippen molar-refractivity contribution in [1.82, 2.24) is 9.34 Å². The van der Waals surface area contributed by atoms with Crippen LogP contribution in [0.1, 0.15) is 27.7 Å². The van der Waals surface area contributed by atoms with Crippen LogP contribution in [0.25, 0.3) is 0 Å². The van der Waals surface area contributed by atoms with E-state index in [-0.39, 0.29) is 0 Å². The van der Waals surface area contributed by atoms with Crippen LogP contribution in [-0.2, 0) is 0 Å². The maximum atomic E-state index is 5.01. The van der Waals surface area contributed by atoms with Crippen LogP contribution in [0, 0.1) is 0 Å². The minimum atomic E-state index is -1.20. The van der Waals surface area contributed by atoms with Crippen LogP contribution in [-0.4, -0.2) is 88.8 Å². The average molecular weight is 371 g/mol. The molecule has 0 aliphatic carbocycles. The molecule has 0 unspecified atom stereocenters. The molecule has 0 N–H and O–H groups in total. The van der Waals surface area contributed by atoms with Gasteiger partial charge in [0.25, 0.3) is 0 Å². The molecule has 0 aromatic heterocycles. The second-order valence-electron chi connectivity index (χ2n) is 8.64. The van der Waals surface area contributed by atoms with Gasteiger partial charge in [0.2, 0.25) is 0 Å². The van der Waals surface area contributed by atoms with E-state index in [2.05, 4.69) is 104 Å². The zero-order valence-electron chi connectivity index (χ0n) is 17.8. The summed E-state index contributed by atoms with van der Waals surface area (Å²) >= 11 is 0. The van der Waals surface area contributed by atoms with Crippen LogP contribution in [0.4, 0.5) is 0 Å². The Bertz CT molecular complexity index is 360. The van der Waals surface area contributed by atoms with Gasteiger partial charge in [-0.2, -0.15) is 4.67 Å². The molecule has 0 atom stereocenters. The second-order valence-corrected chi connectivity index (χ2v) is 21.1. The van der Waals surface area contributed by atoms with E-state index in [1.54, 1.807) is 0 Å². The van der Waals surface area contributed by atoms with Crippen LogP contribution >= 0.6 is 22.0 Å². The van der Waals surface area contributed by atoms with E-state index in [0.29, 0.717) is 12.1 Å². The Morgan fingerprint density at radius 3 is 1.27 bits per heavy atom. The first-order chi connectivity index (χ1) is 9.42. The predicted octanol–water partition coefficient (Wildman–Crippen LogP) is 5.67. The molecule has 0 aromatic carbocycles. The van der Waals surface area contributed by atoms with Gasteiger partial charge in [-0.1, -0.05) is 0 Å². The van der Waals surface area contributed by atoms with Crippen LogP contribution < -0.4 is 0 Å². The molecule has 136 valence electrons. The summed E-state index contributed by atoms with van der Waals surface area (Å²) in [6.45, 7) is 27.4. The van der Waals surface area contributed by atoms with E-state index >= 15 is 0 Å². The van der Waals surface area contributed by atoms with E-state index < -0.39 is 22.0 Å². The van der Waals surface area contributed by atoms with Gasteiger partial charge in [-0.15, -0.1) is 4.52 Å². The third kappa shape index (κ3) is 11.5. The SMILES string of the molecule is CC(C)N(C)P(C)(C)=N[P+](C)(C)C.CC(C)N(C)[P+](C)(C)C. The Morgan fingerprint density at radius 1 is 0.773 bits per heavy atom. The summed E-state index contributed by atoms with van der Waals surface area (Å²) in [6.07, 6.45) is 0. The van der Waals surface area contributed by atoms with Crippen molar-refractivity contribution < 1.29 is 0 Å². The van der Waals surface area contributed by atoms with Gasteiger partial charge in [0.05, 0.1) is 54.6 Å². The Balaban J connectivity index is 0. The highest BCUT2D eigenvalue weighted by Crippen LogP contribution is 2.61. The highest BCUT2D eigenvalue weighted by atomic mass is 31.2. The normalized spacial score (nSPS) is 13.7. The van der Waals surface area contributed by atoms with Crippen molar-refractivity contribution in [3.8, 4) is 0 Å². The molecular formula is C16H44N3P3+2. The molecule has 0 aromatic rings. The first kappa shape index (κ1) is 25.3. The molecule has 22 heavy (non-hydrogen) atoms. The molecule has 6 heteroatoms. The first-order valence-corrected chi connectivity index (χ1v) is 16.9. The lowest BCUT2D eigenvalue weighted by Gasteiger charge is -2.30. The van der Waals surface area contributed by atoms with Crippen molar-refractivity contribution in [2.45, 2.75) is 39.8 Å². The number of hydrogen-bond acceptors (Lipinski definition) is 2. The highest BCUT2D eigenvalue weighted by molar-refractivity contribution is 7.79. The molecule has 0 heterocycles. The fourth-order valence-electron chi connectivity index (χ4n) is 1.98. The van der Waals surface area contributed by atoms with E-state index in [4.69, 9.17) is 4.52 Å². The van der Waals surface area contributed by atoms with Crippen molar-refractivity contribution in [2.24, 2.45) is 4.52 Å². The third-order valence-corrected chi connectivity index (χ3v) is 12.0. The highest BCUT2D eigenvalue weighted by Gasteiger charge is 2.26. The van der Waals surface area contributed by atoms with Crippen molar-refractivity contribution in [1.29, 1.82) is 0 Å². The topological polar surface area (TPSA) is 18.8 Å². The van der Waals surface area contributed by atoms with E-state index in [1.165, 1.54) is 0 Å². The molecule has 0 aliphatic heterocycles. The molecule has 0 radical (unpaired) electrons. The van der Waals surface area contributed by atoms with Gasteiger partial charge in [-0.05, 0) is 48.1 Å². The summed E-state index contributed by atoms with van der Waals surface area (Å²) < 4.78 is 9.90. The minimum absolute atomic E-state index is 0.596. The van der Waals surface area contributed by atoms with Gasteiger partial charge in [-0.3, -0.25) is 4.67 Å². The predicted molar refractivity (Wildman–Crippen MR) is 116 cm³/mol. The van der Waals surface area contributed by atoms with Crippen molar-refractivity contribution in [3.63, 3.8) is 0 Å². The summed E-state index contributed by atoms with van der Waals surface area (Å²) in [5.74, 6) is 0. The monoisotopic (exact) mass is 371 g/mol. The van der Waals surface area contributed by atoms with Gasteiger partial charge in [0.1, 0.15) is 7.41 Å². The molecule has 0 amide bonds. The summed E-state index contributed by atoms with van der Waals surface area (Å²) in [5, 5.41) is 0. The largest absolute Gasteiger partial charge is 0.267 e. The van der Waals surface area contributed by atoms with Crippen molar-refractivity contribution in [3.05, 3.63) is 0 Å². The Kier molecular flexibility index (Phi) is 10.9. The molecule has 0 fully saturated rings. The van der Waals surface area contributed by atoms with Crippen molar-refractivity contribution in [2.75, 3.05) is 67.4 Å². The van der Waals surface area contributed by atoms with Gasteiger partial charge in [0.15, 0.2) is 0 Å². The number of hydrogen-bond donors (Lipinski definition) is 0. The molecule has 0 rings (SSSR count). The van der Waals surface area contributed by atoms with E-state index in [1.807, 2.05) is 0 Å². The zero-order valence-corrected chi connectivity index (χ0v) is 20.5. The van der Waals surface area contributed by atoms with E-state index in [0.717, 1.165) is 0 Å². The minimum Gasteiger partial charge on any atom is -0.267 e. The molecule has 0 saturated carbocycles. The lowest BCUT2D eigenvalue weighted by atomic mass is 10.4. The molecule has 3 nitrogen and oxygen atoms in total. The van der Waals surface area contributed by atoms with E-state index in [9.17, 15) is 0 Å². The molecule has 0 bridgehead atoms.